The maximum Gasteiger partial charge on any atom is 0.197 e. The monoisotopic (exact) mass is 504 g/mol. The Hall–Kier alpha value is -2.90. The molecule has 3 aromatic carbocycles. The Morgan fingerprint density at radius 1 is 0.649 bits per heavy atom. The molecule has 0 N–H and O–H groups in total. The van der Waals surface area contributed by atoms with Gasteiger partial charge in [0.2, 0.25) is 0 Å². The number of epoxide rings is 2. The molecule has 2 saturated heterocycles. The van der Waals surface area contributed by atoms with E-state index in [-0.39, 0.29) is 24.8 Å². The Bertz CT molecular complexity index is 1180. The van der Waals surface area contributed by atoms with E-state index in [1.54, 1.807) is 0 Å². The molecule has 0 radical (unpaired) electrons. The molecule has 196 valence electrons. The van der Waals surface area contributed by atoms with E-state index in [0.717, 1.165) is 39.3 Å². The predicted molar refractivity (Wildman–Crippen MR) is 143 cm³/mol. The highest BCUT2D eigenvalue weighted by Gasteiger charge is 2.35. The minimum Gasteiger partial charge on any atom is -0.465 e. The summed E-state index contributed by atoms with van der Waals surface area (Å²) >= 11 is 0. The molecule has 0 spiro atoms. The highest BCUT2D eigenvalue weighted by atomic mass is 16.7. The molecule has 0 amide bonds. The second-order valence-corrected chi connectivity index (χ2v) is 9.88. The summed E-state index contributed by atoms with van der Waals surface area (Å²) in [7, 11) is 0. The molecule has 6 nitrogen and oxygen atoms in total. The summed E-state index contributed by atoms with van der Waals surface area (Å²) in [6, 6.07) is 22.9. The van der Waals surface area contributed by atoms with E-state index in [1.165, 1.54) is 0 Å². The Morgan fingerprint density at radius 3 is 1.57 bits per heavy atom. The fraction of sp³-hybridized carbons (Fsp3) is 0.419. The van der Waals surface area contributed by atoms with Gasteiger partial charge in [-0.25, -0.2) is 0 Å². The lowest BCUT2D eigenvalue weighted by Crippen LogP contribution is -2.19. The molecular formula is C31H36O6. The van der Waals surface area contributed by atoms with Gasteiger partial charge in [0.25, 0.3) is 0 Å². The van der Waals surface area contributed by atoms with Crippen molar-refractivity contribution in [1.29, 1.82) is 0 Å². The molecule has 0 bridgehead atoms. The van der Waals surface area contributed by atoms with Crippen LogP contribution < -0.4 is 9.47 Å². The van der Waals surface area contributed by atoms with Crippen molar-refractivity contribution in [2.75, 3.05) is 13.2 Å². The molecule has 3 aromatic rings. The average Bonchev–Trinajstić information content (AvgIpc) is 3.80. The van der Waals surface area contributed by atoms with Gasteiger partial charge in [-0.15, -0.1) is 0 Å². The minimum absolute atomic E-state index is 0.198. The summed E-state index contributed by atoms with van der Waals surface area (Å²) < 4.78 is 34.1. The van der Waals surface area contributed by atoms with Gasteiger partial charge in [0, 0.05) is 0 Å². The van der Waals surface area contributed by atoms with E-state index in [0.29, 0.717) is 25.4 Å². The average molecular weight is 505 g/mol. The van der Waals surface area contributed by atoms with Gasteiger partial charge in [-0.1, -0.05) is 42.5 Å². The van der Waals surface area contributed by atoms with Crippen molar-refractivity contribution in [3.05, 3.63) is 72.3 Å². The van der Waals surface area contributed by atoms with Gasteiger partial charge < -0.3 is 28.4 Å². The van der Waals surface area contributed by atoms with Crippen molar-refractivity contribution < 1.29 is 28.4 Å². The molecule has 6 atom stereocenters. The van der Waals surface area contributed by atoms with Crippen LogP contribution in [-0.2, 0) is 18.9 Å². The zero-order valence-corrected chi connectivity index (χ0v) is 22.2. The summed E-state index contributed by atoms with van der Waals surface area (Å²) in [5.74, 6) is 1.61. The van der Waals surface area contributed by atoms with E-state index < -0.39 is 0 Å². The van der Waals surface area contributed by atoms with E-state index in [2.05, 4.69) is 55.5 Å². The SMILES string of the molecule is Cc1cc(-c2ccc(-c3ccc(OC(C)OCC4OC4C)cc3)cc2)ccc1OC(C)OCC1OC1C. The maximum atomic E-state index is 5.99. The maximum absolute atomic E-state index is 5.99. The van der Waals surface area contributed by atoms with Crippen LogP contribution in [0.25, 0.3) is 22.3 Å². The van der Waals surface area contributed by atoms with Crippen LogP contribution in [-0.4, -0.2) is 50.2 Å². The van der Waals surface area contributed by atoms with Crippen molar-refractivity contribution in [2.24, 2.45) is 0 Å². The lowest BCUT2D eigenvalue weighted by atomic mass is 9.99. The van der Waals surface area contributed by atoms with Gasteiger partial charge in [-0.3, -0.25) is 0 Å². The van der Waals surface area contributed by atoms with Crippen molar-refractivity contribution >= 4 is 0 Å². The first-order valence-electron chi connectivity index (χ1n) is 13.0. The van der Waals surface area contributed by atoms with Crippen LogP contribution in [0.1, 0.15) is 33.3 Å². The highest BCUT2D eigenvalue weighted by Crippen LogP contribution is 2.30. The second kappa shape index (κ2) is 11.2. The summed E-state index contributed by atoms with van der Waals surface area (Å²) in [4.78, 5) is 0. The largest absolute Gasteiger partial charge is 0.465 e. The number of aryl methyl sites for hydroxylation is 1. The van der Waals surface area contributed by atoms with Crippen molar-refractivity contribution in [3.63, 3.8) is 0 Å². The number of benzene rings is 3. The number of hydrogen-bond donors (Lipinski definition) is 0. The van der Waals surface area contributed by atoms with E-state index in [9.17, 15) is 0 Å². The van der Waals surface area contributed by atoms with Gasteiger partial charge in [0.1, 0.15) is 23.7 Å². The molecule has 5 rings (SSSR count). The first kappa shape index (κ1) is 25.7. The molecule has 2 aliphatic heterocycles. The van der Waals surface area contributed by atoms with Crippen molar-refractivity contribution in [1.82, 2.24) is 0 Å². The smallest absolute Gasteiger partial charge is 0.197 e. The Morgan fingerprint density at radius 2 is 1.08 bits per heavy atom. The molecule has 2 fully saturated rings. The van der Waals surface area contributed by atoms with E-state index in [4.69, 9.17) is 28.4 Å². The summed E-state index contributed by atoms with van der Waals surface area (Å²) in [6.45, 7) is 11.1. The topological polar surface area (TPSA) is 62.0 Å². The Balaban J connectivity index is 1.15. The van der Waals surface area contributed by atoms with Gasteiger partial charge in [0.15, 0.2) is 12.6 Å². The van der Waals surface area contributed by atoms with Crippen LogP contribution in [0, 0.1) is 6.92 Å². The lowest BCUT2D eigenvalue weighted by Gasteiger charge is -2.17. The molecule has 2 aliphatic rings. The van der Waals surface area contributed by atoms with Gasteiger partial charge >= 0.3 is 0 Å². The molecule has 2 heterocycles. The van der Waals surface area contributed by atoms with Gasteiger partial charge in [-0.05, 0) is 86.7 Å². The first-order valence-corrected chi connectivity index (χ1v) is 13.0. The van der Waals surface area contributed by atoms with Gasteiger partial charge in [-0.2, -0.15) is 0 Å². The van der Waals surface area contributed by atoms with Crippen LogP contribution in [0.2, 0.25) is 0 Å². The fourth-order valence-corrected chi connectivity index (χ4v) is 4.25. The third-order valence-electron chi connectivity index (χ3n) is 6.84. The standard InChI is InChI=1S/C31H36O6/c1-19-16-27(12-15-29(19)37-23(5)33-18-31-21(3)35-31)26-8-6-24(7-9-26)25-10-13-28(14-11-25)36-22(4)32-17-30-20(2)34-30/h6-16,20-23,30-31H,17-18H2,1-5H3. The normalized spacial score (nSPS) is 23.8. The van der Waals surface area contributed by atoms with Crippen molar-refractivity contribution in [2.45, 2.75) is 71.6 Å². The molecule has 0 aliphatic carbocycles. The number of rotatable bonds is 12. The van der Waals surface area contributed by atoms with Crippen LogP contribution in [0.5, 0.6) is 11.5 Å². The summed E-state index contributed by atoms with van der Waals surface area (Å²) in [5, 5.41) is 0. The van der Waals surface area contributed by atoms with E-state index >= 15 is 0 Å². The number of ether oxygens (including phenoxy) is 6. The Labute approximate surface area is 219 Å². The van der Waals surface area contributed by atoms with Crippen LogP contribution in [0.15, 0.2) is 66.7 Å². The van der Waals surface area contributed by atoms with Crippen LogP contribution in [0.4, 0.5) is 0 Å². The molecule has 6 heteroatoms. The summed E-state index contributed by atoms with van der Waals surface area (Å²) in [5.41, 5.74) is 5.65. The zero-order valence-electron chi connectivity index (χ0n) is 22.2. The van der Waals surface area contributed by atoms with Gasteiger partial charge in [0.05, 0.1) is 25.4 Å². The third kappa shape index (κ3) is 6.90. The minimum atomic E-state index is -0.325. The van der Waals surface area contributed by atoms with E-state index in [1.807, 2.05) is 45.9 Å². The lowest BCUT2D eigenvalue weighted by molar-refractivity contribution is -0.0714. The van der Waals surface area contributed by atoms with Crippen LogP contribution >= 0.6 is 0 Å². The fourth-order valence-electron chi connectivity index (χ4n) is 4.25. The quantitative estimate of drug-likeness (QED) is 0.211. The zero-order chi connectivity index (χ0) is 25.9. The van der Waals surface area contributed by atoms with Crippen LogP contribution in [0.3, 0.4) is 0 Å². The summed E-state index contributed by atoms with van der Waals surface area (Å²) in [6.07, 6.45) is 0.335. The first-order chi connectivity index (χ1) is 17.9. The molecule has 37 heavy (non-hydrogen) atoms. The molecule has 0 aromatic heterocycles. The predicted octanol–water partition coefficient (Wildman–Crippen LogP) is 6.39. The van der Waals surface area contributed by atoms with Crippen molar-refractivity contribution in [3.8, 4) is 33.8 Å². The molecule has 0 saturated carbocycles. The second-order valence-electron chi connectivity index (χ2n) is 9.88. The Kier molecular flexibility index (Phi) is 7.81. The highest BCUT2D eigenvalue weighted by molar-refractivity contribution is 5.71. The number of hydrogen-bond acceptors (Lipinski definition) is 6. The third-order valence-corrected chi connectivity index (χ3v) is 6.84. The molecule has 6 unspecified atom stereocenters. The molecular weight excluding hydrogens is 468 g/mol.